The first-order chi connectivity index (χ1) is 11.1. The average Bonchev–Trinajstić information content (AvgIpc) is 2.95. The van der Waals surface area contributed by atoms with Gasteiger partial charge in [0.25, 0.3) is 0 Å². The Bertz CT molecular complexity index is 668. The molecule has 0 bridgehead atoms. The van der Waals surface area contributed by atoms with Crippen LogP contribution in [-0.2, 0) is 13.1 Å². The summed E-state index contributed by atoms with van der Waals surface area (Å²) in [5.74, 6) is 1.36. The monoisotopic (exact) mass is 333 g/mol. The van der Waals surface area contributed by atoms with E-state index in [0.29, 0.717) is 12.3 Å². The van der Waals surface area contributed by atoms with E-state index in [4.69, 9.17) is 4.74 Å². The predicted molar refractivity (Wildman–Crippen MR) is 95.4 cm³/mol. The van der Waals surface area contributed by atoms with Crippen molar-refractivity contribution in [1.82, 2.24) is 10.6 Å². The van der Waals surface area contributed by atoms with Crippen LogP contribution in [0.4, 0.5) is 0 Å². The second kappa shape index (κ2) is 8.43. The summed E-state index contributed by atoms with van der Waals surface area (Å²) < 4.78 is 5.04. The third-order valence-corrected chi connectivity index (χ3v) is 4.23. The highest BCUT2D eigenvalue weighted by atomic mass is 32.1. The standard InChI is InChI=1S/C17H23N3O2S/c1-4-18-17(20-11-14-7-5-12(2)23-14)19-10-13-6-8-16(22-3)15(21)9-13/h5-9,21H,4,10-11H2,1-3H3,(H2,18,19,20). The van der Waals surface area contributed by atoms with Crippen LogP contribution in [0.3, 0.4) is 0 Å². The van der Waals surface area contributed by atoms with Crippen molar-refractivity contribution in [3.8, 4) is 11.5 Å². The van der Waals surface area contributed by atoms with E-state index in [2.05, 4.69) is 34.7 Å². The second-order valence-electron chi connectivity index (χ2n) is 5.07. The minimum atomic E-state index is 0.132. The van der Waals surface area contributed by atoms with E-state index in [1.807, 2.05) is 13.0 Å². The molecule has 0 unspecified atom stereocenters. The van der Waals surface area contributed by atoms with Gasteiger partial charge in [-0.15, -0.1) is 11.3 Å². The van der Waals surface area contributed by atoms with Crippen molar-refractivity contribution in [3.05, 3.63) is 45.6 Å². The van der Waals surface area contributed by atoms with Crippen LogP contribution in [0, 0.1) is 6.92 Å². The minimum absolute atomic E-state index is 0.132. The fourth-order valence-electron chi connectivity index (χ4n) is 2.10. The van der Waals surface area contributed by atoms with Gasteiger partial charge >= 0.3 is 0 Å². The van der Waals surface area contributed by atoms with E-state index in [9.17, 15) is 5.11 Å². The Balaban J connectivity index is 1.98. The van der Waals surface area contributed by atoms with Crippen LogP contribution >= 0.6 is 11.3 Å². The van der Waals surface area contributed by atoms with Crippen LogP contribution in [0.1, 0.15) is 22.2 Å². The number of aryl methyl sites for hydroxylation is 1. The molecule has 0 aliphatic heterocycles. The molecule has 5 nitrogen and oxygen atoms in total. The second-order valence-corrected chi connectivity index (χ2v) is 6.44. The number of hydrogen-bond donors (Lipinski definition) is 3. The molecule has 23 heavy (non-hydrogen) atoms. The van der Waals surface area contributed by atoms with Crippen LogP contribution in [0.5, 0.6) is 11.5 Å². The zero-order valence-electron chi connectivity index (χ0n) is 13.7. The Morgan fingerprint density at radius 1 is 1.26 bits per heavy atom. The lowest BCUT2D eigenvalue weighted by atomic mass is 10.2. The number of benzene rings is 1. The third-order valence-electron chi connectivity index (χ3n) is 3.23. The summed E-state index contributed by atoms with van der Waals surface area (Å²) in [6.07, 6.45) is 0. The maximum absolute atomic E-state index is 9.81. The Morgan fingerprint density at radius 2 is 2.09 bits per heavy atom. The van der Waals surface area contributed by atoms with Gasteiger partial charge < -0.3 is 20.5 Å². The molecule has 0 atom stereocenters. The van der Waals surface area contributed by atoms with Crippen molar-refractivity contribution < 1.29 is 9.84 Å². The van der Waals surface area contributed by atoms with Crippen molar-refractivity contribution in [2.45, 2.75) is 26.9 Å². The first kappa shape index (κ1) is 17.1. The van der Waals surface area contributed by atoms with Gasteiger partial charge in [-0.1, -0.05) is 6.07 Å². The smallest absolute Gasteiger partial charge is 0.191 e. The predicted octanol–water partition coefficient (Wildman–Crippen LogP) is 3.03. The van der Waals surface area contributed by atoms with E-state index >= 15 is 0 Å². The normalized spacial score (nSPS) is 11.3. The lowest BCUT2D eigenvalue weighted by molar-refractivity contribution is 0.373. The lowest BCUT2D eigenvalue weighted by Crippen LogP contribution is -2.36. The van der Waals surface area contributed by atoms with Crippen molar-refractivity contribution in [3.63, 3.8) is 0 Å². The highest BCUT2D eigenvalue weighted by Gasteiger charge is 2.03. The van der Waals surface area contributed by atoms with Gasteiger partial charge in [0.2, 0.25) is 0 Å². The Labute approximate surface area is 141 Å². The summed E-state index contributed by atoms with van der Waals surface area (Å²) >= 11 is 1.78. The van der Waals surface area contributed by atoms with Gasteiger partial charge in [0.15, 0.2) is 17.5 Å². The van der Waals surface area contributed by atoms with Crippen molar-refractivity contribution in [2.24, 2.45) is 4.99 Å². The summed E-state index contributed by atoms with van der Waals surface area (Å²) in [6, 6.07) is 9.56. The van der Waals surface area contributed by atoms with Crippen LogP contribution in [0.25, 0.3) is 0 Å². The van der Waals surface area contributed by atoms with Gasteiger partial charge in [0.1, 0.15) is 0 Å². The summed E-state index contributed by atoms with van der Waals surface area (Å²) in [5, 5.41) is 16.4. The van der Waals surface area contributed by atoms with Gasteiger partial charge in [-0.25, -0.2) is 4.99 Å². The Hall–Kier alpha value is -2.21. The molecule has 2 rings (SSSR count). The van der Waals surface area contributed by atoms with Crippen molar-refractivity contribution >= 4 is 17.3 Å². The number of rotatable bonds is 6. The molecule has 2 aromatic rings. The number of aliphatic imine (C=N–C) groups is 1. The number of phenolic OH excluding ortho intramolecular Hbond substituents is 1. The molecule has 0 fully saturated rings. The molecule has 0 amide bonds. The first-order valence-electron chi connectivity index (χ1n) is 7.55. The zero-order valence-corrected chi connectivity index (χ0v) is 14.5. The summed E-state index contributed by atoms with van der Waals surface area (Å²) in [5.41, 5.74) is 0.924. The maximum atomic E-state index is 9.81. The largest absolute Gasteiger partial charge is 0.504 e. The number of hydrogen-bond acceptors (Lipinski definition) is 4. The number of guanidine groups is 1. The molecular formula is C17H23N3O2S. The molecule has 124 valence electrons. The lowest BCUT2D eigenvalue weighted by Gasteiger charge is -2.11. The highest BCUT2D eigenvalue weighted by Crippen LogP contribution is 2.26. The SMILES string of the molecule is CCNC(=NCc1ccc(OC)c(O)c1)NCc1ccc(C)s1. The van der Waals surface area contributed by atoms with Gasteiger partial charge in [-0.2, -0.15) is 0 Å². The Morgan fingerprint density at radius 3 is 2.70 bits per heavy atom. The molecular weight excluding hydrogens is 310 g/mol. The third kappa shape index (κ3) is 5.17. The molecule has 0 aliphatic carbocycles. The first-order valence-corrected chi connectivity index (χ1v) is 8.37. The van der Waals surface area contributed by atoms with Crippen LogP contribution in [0.15, 0.2) is 35.3 Å². The number of methoxy groups -OCH3 is 1. The molecule has 6 heteroatoms. The number of phenols is 1. The molecule has 1 aromatic carbocycles. The van der Waals surface area contributed by atoms with Crippen molar-refractivity contribution in [1.29, 1.82) is 0 Å². The quantitative estimate of drug-likeness (QED) is 0.561. The number of aromatic hydroxyl groups is 1. The molecule has 1 aromatic heterocycles. The molecule has 0 saturated heterocycles. The molecule has 0 radical (unpaired) electrons. The van der Waals surface area contributed by atoms with Gasteiger partial charge in [0.05, 0.1) is 20.2 Å². The van der Waals surface area contributed by atoms with E-state index < -0.39 is 0 Å². The minimum Gasteiger partial charge on any atom is -0.504 e. The van der Waals surface area contributed by atoms with Gasteiger partial charge in [-0.05, 0) is 43.7 Å². The van der Waals surface area contributed by atoms with Crippen LogP contribution in [-0.4, -0.2) is 24.7 Å². The average molecular weight is 333 g/mol. The molecule has 1 heterocycles. The number of thiophene rings is 1. The number of nitrogens with zero attached hydrogens (tertiary/aromatic N) is 1. The fourth-order valence-corrected chi connectivity index (χ4v) is 2.93. The van der Waals surface area contributed by atoms with E-state index in [0.717, 1.165) is 24.6 Å². The van der Waals surface area contributed by atoms with Crippen molar-refractivity contribution in [2.75, 3.05) is 13.7 Å². The molecule has 3 N–H and O–H groups in total. The van der Waals surface area contributed by atoms with Gasteiger partial charge in [-0.3, -0.25) is 0 Å². The molecule has 0 saturated carbocycles. The zero-order chi connectivity index (χ0) is 16.7. The topological polar surface area (TPSA) is 65.9 Å². The summed E-state index contributed by atoms with van der Waals surface area (Å²) in [4.78, 5) is 7.13. The number of ether oxygens (including phenoxy) is 1. The summed E-state index contributed by atoms with van der Waals surface area (Å²) in [6.45, 7) is 6.16. The molecule has 0 spiro atoms. The van der Waals surface area contributed by atoms with Crippen LogP contribution in [0.2, 0.25) is 0 Å². The highest BCUT2D eigenvalue weighted by molar-refractivity contribution is 7.11. The fraction of sp³-hybridized carbons (Fsp3) is 0.353. The van der Waals surface area contributed by atoms with E-state index in [1.165, 1.54) is 16.9 Å². The van der Waals surface area contributed by atoms with E-state index in [-0.39, 0.29) is 5.75 Å². The number of nitrogens with one attached hydrogen (secondary N) is 2. The Kier molecular flexibility index (Phi) is 6.29. The van der Waals surface area contributed by atoms with E-state index in [1.54, 1.807) is 23.5 Å². The maximum Gasteiger partial charge on any atom is 0.191 e. The van der Waals surface area contributed by atoms with Crippen LogP contribution < -0.4 is 15.4 Å². The van der Waals surface area contributed by atoms with Gasteiger partial charge in [0, 0.05) is 16.3 Å². The molecule has 0 aliphatic rings. The summed E-state index contributed by atoms with van der Waals surface area (Å²) in [7, 11) is 1.53.